The molecule has 0 aliphatic carbocycles. The normalized spacial score (nSPS) is 10.6. The van der Waals surface area contributed by atoms with Crippen LogP contribution in [0.15, 0.2) is 18.3 Å². The van der Waals surface area contributed by atoms with E-state index in [1.54, 1.807) is 6.20 Å². The molecule has 1 aromatic rings. The van der Waals surface area contributed by atoms with E-state index in [1.165, 1.54) is 0 Å². The van der Waals surface area contributed by atoms with Gasteiger partial charge in [-0.15, -0.1) is 0 Å². The van der Waals surface area contributed by atoms with Gasteiger partial charge in [-0.25, -0.2) is 0 Å². The number of aromatic nitrogens is 1. The fourth-order valence-corrected chi connectivity index (χ4v) is 1.32. The summed E-state index contributed by atoms with van der Waals surface area (Å²) in [5.41, 5.74) is 2.13. The molecule has 0 aliphatic rings. The van der Waals surface area contributed by atoms with Crippen molar-refractivity contribution in [1.29, 1.82) is 0 Å². The molecule has 2 N–H and O–H groups in total. The molecule has 0 amide bonds. The van der Waals surface area contributed by atoms with Gasteiger partial charge in [-0.1, -0.05) is 13.8 Å². The molecule has 0 aromatic carbocycles. The summed E-state index contributed by atoms with van der Waals surface area (Å²) in [7, 11) is 0. The fourth-order valence-electron chi connectivity index (χ4n) is 1.32. The highest BCUT2D eigenvalue weighted by atomic mass is 16.3. The van der Waals surface area contributed by atoms with Gasteiger partial charge in [-0.05, 0) is 24.5 Å². The zero-order chi connectivity index (χ0) is 10.4. The van der Waals surface area contributed by atoms with E-state index >= 15 is 0 Å². The molecule has 0 bridgehead atoms. The number of hydrogen-bond donors (Lipinski definition) is 2. The monoisotopic (exact) mass is 194 g/mol. The van der Waals surface area contributed by atoms with Gasteiger partial charge in [-0.3, -0.25) is 4.98 Å². The lowest BCUT2D eigenvalue weighted by atomic mass is 10.1. The molecule has 0 radical (unpaired) electrons. The van der Waals surface area contributed by atoms with Crippen molar-refractivity contribution in [2.45, 2.75) is 20.3 Å². The average molecular weight is 194 g/mol. The average Bonchev–Trinajstić information content (AvgIpc) is 2.14. The number of aliphatic hydroxyl groups is 1. The van der Waals surface area contributed by atoms with Gasteiger partial charge in [0.25, 0.3) is 0 Å². The lowest BCUT2D eigenvalue weighted by Crippen LogP contribution is -2.06. The highest BCUT2D eigenvalue weighted by molar-refractivity contribution is 5.43. The Balaban J connectivity index is 2.59. The van der Waals surface area contributed by atoms with Crippen LogP contribution in [-0.4, -0.2) is 23.2 Å². The molecule has 3 heteroatoms. The lowest BCUT2D eigenvalue weighted by molar-refractivity contribution is 0.311. The smallest absolute Gasteiger partial charge is 0.0604 e. The highest BCUT2D eigenvalue weighted by Gasteiger charge is 1.99. The number of hydrogen-bond acceptors (Lipinski definition) is 3. The third-order valence-corrected chi connectivity index (χ3v) is 1.87. The second-order valence-corrected chi connectivity index (χ2v) is 3.78. The quantitative estimate of drug-likeness (QED) is 0.749. The first kappa shape index (κ1) is 11.0. The Kier molecular flexibility index (Phi) is 4.40. The van der Waals surface area contributed by atoms with E-state index in [-0.39, 0.29) is 6.61 Å². The Labute approximate surface area is 85.2 Å². The molecule has 0 atom stereocenters. The summed E-state index contributed by atoms with van der Waals surface area (Å²) in [6, 6.07) is 3.95. The SMILES string of the molecule is CC(C)Cc1cc(NCCO)ccn1. The van der Waals surface area contributed by atoms with Crippen LogP contribution in [0.4, 0.5) is 5.69 Å². The third kappa shape index (κ3) is 3.75. The van der Waals surface area contributed by atoms with E-state index in [4.69, 9.17) is 5.11 Å². The van der Waals surface area contributed by atoms with Crippen LogP contribution in [0.2, 0.25) is 0 Å². The van der Waals surface area contributed by atoms with Crippen LogP contribution >= 0.6 is 0 Å². The van der Waals surface area contributed by atoms with Crippen LogP contribution in [0, 0.1) is 5.92 Å². The van der Waals surface area contributed by atoms with Gasteiger partial charge in [0.1, 0.15) is 0 Å². The molecule has 0 aliphatic heterocycles. The molecule has 0 unspecified atom stereocenters. The van der Waals surface area contributed by atoms with Crippen LogP contribution in [0.1, 0.15) is 19.5 Å². The van der Waals surface area contributed by atoms with E-state index in [2.05, 4.69) is 24.1 Å². The maximum Gasteiger partial charge on any atom is 0.0604 e. The second-order valence-electron chi connectivity index (χ2n) is 3.78. The van der Waals surface area contributed by atoms with Crippen molar-refractivity contribution in [3.63, 3.8) is 0 Å². The van der Waals surface area contributed by atoms with Crippen molar-refractivity contribution in [3.05, 3.63) is 24.0 Å². The summed E-state index contributed by atoms with van der Waals surface area (Å²) in [4.78, 5) is 4.29. The number of nitrogens with one attached hydrogen (secondary N) is 1. The molecular formula is C11H18N2O. The zero-order valence-corrected chi connectivity index (χ0v) is 8.83. The Morgan fingerprint density at radius 2 is 2.29 bits per heavy atom. The summed E-state index contributed by atoms with van der Waals surface area (Å²) in [5, 5.41) is 11.8. The van der Waals surface area contributed by atoms with Crippen LogP contribution in [0.5, 0.6) is 0 Å². The number of anilines is 1. The van der Waals surface area contributed by atoms with Crippen molar-refractivity contribution < 1.29 is 5.11 Å². The first-order valence-electron chi connectivity index (χ1n) is 5.02. The Morgan fingerprint density at radius 3 is 2.93 bits per heavy atom. The largest absolute Gasteiger partial charge is 0.395 e. The molecule has 1 heterocycles. The van der Waals surface area contributed by atoms with Gasteiger partial charge in [0.05, 0.1) is 6.61 Å². The van der Waals surface area contributed by atoms with E-state index in [0.29, 0.717) is 12.5 Å². The minimum Gasteiger partial charge on any atom is -0.395 e. The number of nitrogens with zero attached hydrogens (tertiary/aromatic N) is 1. The van der Waals surface area contributed by atoms with E-state index in [0.717, 1.165) is 17.8 Å². The van der Waals surface area contributed by atoms with Gasteiger partial charge in [0.15, 0.2) is 0 Å². The molecule has 1 rings (SSSR count). The molecule has 78 valence electrons. The molecule has 0 saturated carbocycles. The maximum atomic E-state index is 8.66. The Bertz CT molecular complexity index is 274. The topological polar surface area (TPSA) is 45.1 Å². The molecule has 0 saturated heterocycles. The molecule has 14 heavy (non-hydrogen) atoms. The summed E-state index contributed by atoms with van der Waals surface area (Å²) in [6.07, 6.45) is 2.80. The standard InChI is InChI=1S/C11H18N2O/c1-9(2)7-11-8-10(3-4-12-11)13-5-6-14/h3-4,8-9,14H,5-7H2,1-2H3,(H,12,13). The van der Waals surface area contributed by atoms with E-state index < -0.39 is 0 Å². The van der Waals surface area contributed by atoms with E-state index in [9.17, 15) is 0 Å². The van der Waals surface area contributed by atoms with Crippen molar-refractivity contribution >= 4 is 5.69 Å². The van der Waals surface area contributed by atoms with Crippen molar-refractivity contribution in [2.24, 2.45) is 5.92 Å². The summed E-state index contributed by atoms with van der Waals surface area (Å²) >= 11 is 0. The first-order valence-corrected chi connectivity index (χ1v) is 5.02. The van der Waals surface area contributed by atoms with Gasteiger partial charge >= 0.3 is 0 Å². The van der Waals surface area contributed by atoms with Gasteiger partial charge in [-0.2, -0.15) is 0 Å². The van der Waals surface area contributed by atoms with Gasteiger partial charge < -0.3 is 10.4 Å². The highest BCUT2D eigenvalue weighted by Crippen LogP contribution is 2.11. The lowest BCUT2D eigenvalue weighted by Gasteiger charge is -2.07. The summed E-state index contributed by atoms with van der Waals surface area (Å²) in [6.45, 7) is 5.10. The van der Waals surface area contributed by atoms with Crippen molar-refractivity contribution in [2.75, 3.05) is 18.5 Å². The zero-order valence-electron chi connectivity index (χ0n) is 8.83. The maximum absolute atomic E-state index is 8.66. The van der Waals surface area contributed by atoms with Crippen molar-refractivity contribution in [3.8, 4) is 0 Å². The number of rotatable bonds is 5. The fraction of sp³-hybridized carbons (Fsp3) is 0.545. The molecule has 1 aromatic heterocycles. The van der Waals surface area contributed by atoms with Crippen molar-refractivity contribution in [1.82, 2.24) is 4.98 Å². The number of aliphatic hydroxyl groups excluding tert-OH is 1. The Hall–Kier alpha value is -1.09. The van der Waals surface area contributed by atoms with Gasteiger partial charge in [0, 0.05) is 24.1 Å². The predicted octanol–water partition coefficient (Wildman–Crippen LogP) is 1.68. The molecule has 0 spiro atoms. The predicted molar refractivity (Wildman–Crippen MR) is 58.4 cm³/mol. The van der Waals surface area contributed by atoms with Gasteiger partial charge in [0.2, 0.25) is 0 Å². The third-order valence-electron chi connectivity index (χ3n) is 1.87. The Morgan fingerprint density at radius 1 is 1.50 bits per heavy atom. The second kappa shape index (κ2) is 5.60. The minimum atomic E-state index is 0.155. The summed E-state index contributed by atoms with van der Waals surface area (Å²) < 4.78 is 0. The van der Waals surface area contributed by atoms with E-state index in [1.807, 2.05) is 12.1 Å². The molecule has 3 nitrogen and oxygen atoms in total. The minimum absolute atomic E-state index is 0.155. The van der Waals surface area contributed by atoms with Crippen LogP contribution in [-0.2, 0) is 6.42 Å². The first-order chi connectivity index (χ1) is 6.72. The number of pyridine rings is 1. The summed E-state index contributed by atoms with van der Waals surface area (Å²) in [5.74, 6) is 0.621. The van der Waals surface area contributed by atoms with Crippen LogP contribution in [0.25, 0.3) is 0 Å². The van der Waals surface area contributed by atoms with Crippen LogP contribution < -0.4 is 5.32 Å². The molecular weight excluding hydrogens is 176 g/mol. The molecule has 0 fully saturated rings. The van der Waals surface area contributed by atoms with Crippen LogP contribution in [0.3, 0.4) is 0 Å².